The molecule has 5 heteroatoms. The van der Waals surface area contributed by atoms with Crippen LogP contribution in [-0.4, -0.2) is 50.8 Å². The van der Waals surface area contributed by atoms with Gasteiger partial charge in [-0.3, -0.25) is 9.69 Å². The molecule has 1 aromatic rings. The summed E-state index contributed by atoms with van der Waals surface area (Å²) in [6.07, 6.45) is 2.32. The summed E-state index contributed by atoms with van der Waals surface area (Å²) in [6, 6.07) is 5.91. The Morgan fingerprint density at radius 1 is 1.36 bits per heavy atom. The molecule has 1 aliphatic heterocycles. The summed E-state index contributed by atoms with van der Waals surface area (Å²) in [6.45, 7) is 6.57. The van der Waals surface area contributed by atoms with E-state index in [1.807, 2.05) is 18.2 Å². The predicted molar refractivity (Wildman–Crippen MR) is 87.5 cm³/mol. The topological polar surface area (TPSA) is 50.8 Å². The van der Waals surface area contributed by atoms with Crippen molar-refractivity contribution in [1.82, 2.24) is 4.90 Å². The average molecular weight is 306 g/mol. The molecule has 2 rings (SSSR count). The van der Waals surface area contributed by atoms with Gasteiger partial charge in [-0.25, -0.2) is 0 Å². The zero-order valence-corrected chi connectivity index (χ0v) is 13.6. The van der Waals surface area contributed by atoms with Gasteiger partial charge in [0, 0.05) is 19.5 Å². The molecule has 1 N–H and O–H groups in total. The van der Waals surface area contributed by atoms with Crippen molar-refractivity contribution in [3.05, 3.63) is 23.8 Å². The average Bonchev–Trinajstić information content (AvgIpc) is 2.55. The highest BCUT2D eigenvalue weighted by molar-refractivity contribution is 5.92. The van der Waals surface area contributed by atoms with Gasteiger partial charge in [-0.1, -0.05) is 13.0 Å². The van der Waals surface area contributed by atoms with Gasteiger partial charge in [0.25, 0.3) is 0 Å². The quantitative estimate of drug-likeness (QED) is 0.840. The molecule has 0 aliphatic carbocycles. The number of ether oxygens (including phenoxy) is 2. The lowest BCUT2D eigenvalue weighted by Crippen LogP contribution is -2.37. The van der Waals surface area contributed by atoms with E-state index in [2.05, 4.69) is 17.1 Å². The van der Waals surface area contributed by atoms with Crippen LogP contribution in [0.2, 0.25) is 0 Å². The number of morpholine rings is 1. The van der Waals surface area contributed by atoms with E-state index >= 15 is 0 Å². The van der Waals surface area contributed by atoms with E-state index in [0.29, 0.717) is 12.2 Å². The maximum Gasteiger partial charge on any atom is 0.224 e. The molecule has 0 unspecified atom stereocenters. The highest BCUT2D eigenvalue weighted by Gasteiger charge is 2.12. The summed E-state index contributed by atoms with van der Waals surface area (Å²) in [5.41, 5.74) is 1.95. The van der Waals surface area contributed by atoms with E-state index < -0.39 is 0 Å². The molecule has 0 saturated carbocycles. The summed E-state index contributed by atoms with van der Waals surface area (Å²) in [7, 11) is 1.62. The van der Waals surface area contributed by atoms with Crippen molar-refractivity contribution in [3.8, 4) is 5.75 Å². The fourth-order valence-electron chi connectivity index (χ4n) is 2.57. The monoisotopic (exact) mass is 306 g/mol. The Bertz CT molecular complexity index is 485. The second-order valence-corrected chi connectivity index (χ2v) is 5.49. The van der Waals surface area contributed by atoms with Crippen LogP contribution in [-0.2, 0) is 16.0 Å². The van der Waals surface area contributed by atoms with Gasteiger partial charge in [0.2, 0.25) is 5.91 Å². The van der Waals surface area contributed by atoms with Crippen LogP contribution in [0, 0.1) is 0 Å². The first-order valence-electron chi connectivity index (χ1n) is 7.99. The number of amides is 1. The number of benzene rings is 1. The van der Waals surface area contributed by atoms with Crippen LogP contribution < -0.4 is 10.1 Å². The van der Waals surface area contributed by atoms with E-state index in [-0.39, 0.29) is 5.91 Å². The van der Waals surface area contributed by atoms with Crippen LogP contribution in [0.3, 0.4) is 0 Å². The molecule has 22 heavy (non-hydrogen) atoms. The molecule has 1 heterocycles. The van der Waals surface area contributed by atoms with Crippen molar-refractivity contribution in [2.75, 3.05) is 45.3 Å². The molecule has 1 aromatic carbocycles. The third kappa shape index (κ3) is 5.00. The minimum absolute atomic E-state index is 0.0415. The van der Waals surface area contributed by atoms with Crippen molar-refractivity contribution in [3.63, 3.8) is 0 Å². The van der Waals surface area contributed by atoms with Gasteiger partial charge >= 0.3 is 0 Å². The van der Waals surface area contributed by atoms with Gasteiger partial charge < -0.3 is 14.8 Å². The molecule has 5 nitrogen and oxygen atoms in total. The number of anilines is 1. The molecule has 0 aromatic heterocycles. The number of carbonyl (C=O) groups excluding carboxylic acids is 1. The van der Waals surface area contributed by atoms with Gasteiger partial charge in [-0.15, -0.1) is 0 Å². The van der Waals surface area contributed by atoms with E-state index in [4.69, 9.17) is 9.47 Å². The summed E-state index contributed by atoms with van der Waals surface area (Å²) < 4.78 is 10.6. The Morgan fingerprint density at radius 3 is 2.82 bits per heavy atom. The first-order chi connectivity index (χ1) is 10.7. The summed E-state index contributed by atoms with van der Waals surface area (Å²) in [5, 5.41) is 2.97. The molecule has 0 spiro atoms. The van der Waals surface area contributed by atoms with Gasteiger partial charge in [0.05, 0.1) is 26.0 Å². The number of aryl methyl sites for hydroxylation is 1. The molecule has 0 bridgehead atoms. The number of rotatable bonds is 7. The number of methoxy groups -OCH3 is 1. The van der Waals surface area contributed by atoms with Crippen molar-refractivity contribution >= 4 is 11.6 Å². The molecular weight excluding hydrogens is 280 g/mol. The Balaban J connectivity index is 1.80. The molecule has 122 valence electrons. The number of hydrogen-bond acceptors (Lipinski definition) is 4. The van der Waals surface area contributed by atoms with Crippen molar-refractivity contribution in [2.45, 2.75) is 26.2 Å². The predicted octanol–water partition coefficient (Wildman–Crippen LogP) is 2.31. The molecule has 1 saturated heterocycles. The standard InChI is InChI=1S/C17H26N2O3/c1-3-14-6-7-16(21-2)15(13-14)18-17(20)5-4-8-19-9-11-22-12-10-19/h6-7,13H,3-5,8-12H2,1-2H3,(H,18,20). The zero-order valence-electron chi connectivity index (χ0n) is 13.6. The van der Waals surface area contributed by atoms with Crippen LogP contribution in [0.15, 0.2) is 18.2 Å². The van der Waals surface area contributed by atoms with E-state index in [1.165, 1.54) is 5.56 Å². The Labute approximate surface area is 132 Å². The lowest BCUT2D eigenvalue weighted by molar-refractivity contribution is -0.116. The second kappa shape index (κ2) is 8.76. The van der Waals surface area contributed by atoms with E-state index in [9.17, 15) is 4.79 Å². The molecular formula is C17H26N2O3. The zero-order chi connectivity index (χ0) is 15.8. The Hall–Kier alpha value is -1.59. The summed E-state index contributed by atoms with van der Waals surface area (Å²) in [4.78, 5) is 14.5. The third-order valence-electron chi connectivity index (χ3n) is 3.93. The number of carbonyl (C=O) groups is 1. The van der Waals surface area contributed by atoms with E-state index in [1.54, 1.807) is 7.11 Å². The fourth-order valence-corrected chi connectivity index (χ4v) is 2.57. The Kier molecular flexibility index (Phi) is 6.68. The van der Waals surface area contributed by atoms with Crippen LogP contribution in [0.1, 0.15) is 25.3 Å². The highest BCUT2D eigenvalue weighted by atomic mass is 16.5. The largest absolute Gasteiger partial charge is 0.495 e. The van der Waals surface area contributed by atoms with Crippen LogP contribution in [0.5, 0.6) is 5.75 Å². The molecule has 1 amide bonds. The number of nitrogens with one attached hydrogen (secondary N) is 1. The molecule has 1 aliphatic rings. The lowest BCUT2D eigenvalue weighted by atomic mass is 10.1. The highest BCUT2D eigenvalue weighted by Crippen LogP contribution is 2.26. The maximum atomic E-state index is 12.1. The van der Waals surface area contributed by atoms with Crippen LogP contribution in [0.4, 0.5) is 5.69 Å². The normalized spacial score (nSPS) is 15.5. The van der Waals surface area contributed by atoms with Gasteiger partial charge in [-0.05, 0) is 37.1 Å². The minimum atomic E-state index is 0.0415. The third-order valence-corrected chi connectivity index (χ3v) is 3.93. The summed E-state index contributed by atoms with van der Waals surface area (Å²) >= 11 is 0. The maximum absolute atomic E-state index is 12.1. The Morgan fingerprint density at radius 2 is 2.14 bits per heavy atom. The lowest BCUT2D eigenvalue weighted by Gasteiger charge is -2.26. The first-order valence-corrected chi connectivity index (χ1v) is 7.99. The first kappa shape index (κ1) is 16.8. The van der Waals surface area contributed by atoms with Gasteiger partial charge in [-0.2, -0.15) is 0 Å². The van der Waals surface area contributed by atoms with Gasteiger partial charge in [0.1, 0.15) is 5.75 Å². The molecule has 0 radical (unpaired) electrons. The molecule has 1 fully saturated rings. The SMILES string of the molecule is CCc1ccc(OC)c(NC(=O)CCCN2CCOCC2)c1. The number of hydrogen-bond donors (Lipinski definition) is 1. The van der Waals surface area contributed by atoms with Crippen molar-refractivity contribution in [2.24, 2.45) is 0 Å². The fraction of sp³-hybridized carbons (Fsp3) is 0.588. The van der Waals surface area contributed by atoms with Crippen LogP contribution in [0.25, 0.3) is 0 Å². The number of nitrogens with zero attached hydrogens (tertiary/aromatic N) is 1. The van der Waals surface area contributed by atoms with Crippen molar-refractivity contribution < 1.29 is 14.3 Å². The minimum Gasteiger partial charge on any atom is -0.495 e. The molecule has 0 atom stereocenters. The van der Waals surface area contributed by atoms with E-state index in [0.717, 1.165) is 51.4 Å². The van der Waals surface area contributed by atoms with Crippen LogP contribution >= 0.6 is 0 Å². The second-order valence-electron chi connectivity index (χ2n) is 5.49. The smallest absolute Gasteiger partial charge is 0.224 e. The summed E-state index contributed by atoms with van der Waals surface area (Å²) in [5.74, 6) is 0.749. The van der Waals surface area contributed by atoms with Crippen molar-refractivity contribution in [1.29, 1.82) is 0 Å². The van der Waals surface area contributed by atoms with Gasteiger partial charge in [0.15, 0.2) is 0 Å².